The van der Waals surface area contributed by atoms with Gasteiger partial charge >= 0.3 is 0 Å². The molecule has 2 amide bonds. The van der Waals surface area contributed by atoms with Gasteiger partial charge in [-0.25, -0.2) is 4.98 Å². The van der Waals surface area contributed by atoms with Gasteiger partial charge in [0.2, 0.25) is 11.0 Å². The quantitative estimate of drug-likeness (QED) is 0.143. The van der Waals surface area contributed by atoms with E-state index >= 15 is 0 Å². The third-order valence-corrected chi connectivity index (χ3v) is 9.65. The maximum Gasteiger partial charge on any atom is 0.255 e. The minimum absolute atomic E-state index is 0.147. The summed E-state index contributed by atoms with van der Waals surface area (Å²) in [5, 5.41) is 14.5. The van der Waals surface area contributed by atoms with Crippen molar-refractivity contribution in [2.24, 2.45) is 0 Å². The van der Waals surface area contributed by atoms with Gasteiger partial charge in [0, 0.05) is 17.0 Å². The average molecular weight is 578 g/mol. The molecule has 2 aromatic heterocycles. The third-order valence-electron chi connectivity index (χ3n) is 5.44. The molecule has 0 bridgehead atoms. The summed E-state index contributed by atoms with van der Waals surface area (Å²) in [6.45, 7) is 3.99. The van der Waals surface area contributed by atoms with Gasteiger partial charge in [-0.15, -0.1) is 21.5 Å². The van der Waals surface area contributed by atoms with Gasteiger partial charge in [-0.1, -0.05) is 82.9 Å². The zero-order valence-corrected chi connectivity index (χ0v) is 23.8. The highest BCUT2D eigenvalue weighted by atomic mass is 32.2. The first-order chi connectivity index (χ1) is 18.4. The standard InChI is InChI=1S/C27H23N5O2S4/c1-16-6-5-8-18(12-16)14-35-27-32-31-25(38-27)30-23(33)15-36-26-29-21-11-10-19(13-22(21)37-26)28-24(34)20-9-4-3-7-17(20)2/h3-13H,14-15H2,1-2H3,(H,28,34)(H,30,31,33). The topological polar surface area (TPSA) is 96.9 Å². The van der Waals surface area contributed by atoms with Crippen LogP contribution in [0.1, 0.15) is 27.0 Å². The van der Waals surface area contributed by atoms with Gasteiger partial charge in [-0.05, 0) is 49.2 Å². The second-order valence-electron chi connectivity index (χ2n) is 8.42. The Morgan fingerprint density at radius 2 is 1.74 bits per heavy atom. The van der Waals surface area contributed by atoms with E-state index < -0.39 is 0 Å². The summed E-state index contributed by atoms with van der Waals surface area (Å²) < 4.78 is 2.53. The van der Waals surface area contributed by atoms with Crippen LogP contribution in [0.5, 0.6) is 0 Å². The molecule has 2 N–H and O–H groups in total. The van der Waals surface area contributed by atoms with Gasteiger partial charge in [0.15, 0.2) is 8.68 Å². The average Bonchev–Trinajstić information content (AvgIpc) is 3.52. The largest absolute Gasteiger partial charge is 0.322 e. The van der Waals surface area contributed by atoms with Crippen LogP contribution in [0.25, 0.3) is 10.2 Å². The number of rotatable bonds is 9. The molecule has 11 heteroatoms. The molecule has 0 saturated carbocycles. The van der Waals surface area contributed by atoms with Gasteiger partial charge in [0.05, 0.1) is 16.0 Å². The predicted octanol–water partition coefficient (Wildman–Crippen LogP) is 7.04. The molecule has 0 fully saturated rings. The molecule has 38 heavy (non-hydrogen) atoms. The first kappa shape index (κ1) is 26.4. The second kappa shape index (κ2) is 12.1. The lowest BCUT2D eigenvalue weighted by Crippen LogP contribution is -2.13. The Morgan fingerprint density at radius 3 is 2.58 bits per heavy atom. The number of thiazole rings is 1. The van der Waals surface area contributed by atoms with E-state index in [9.17, 15) is 9.59 Å². The van der Waals surface area contributed by atoms with Crippen LogP contribution in [0.2, 0.25) is 0 Å². The normalized spacial score (nSPS) is 11.0. The number of carbonyl (C=O) groups excluding carboxylic acids is 2. The Balaban J connectivity index is 1.13. The van der Waals surface area contributed by atoms with Crippen molar-refractivity contribution < 1.29 is 9.59 Å². The summed E-state index contributed by atoms with van der Waals surface area (Å²) in [6, 6.07) is 21.5. The molecule has 7 nitrogen and oxygen atoms in total. The molecule has 0 aliphatic heterocycles. The molecule has 0 spiro atoms. The summed E-state index contributed by atoms with van der Waals surface area (Å²) in [6.07, 6.45) is 0. The van der Waals surface area contributed by atoms with E-state index in [1.165, 1.54) is 45.6 Å². The van der Waals surface area contributed by atoms with Gasteiger partial charge in [0.25, 0.3) is 5.91 Å². The zero-order valence-electron chi connectivity index (χ0n) is 20.6. The number of hydrogen-bond donors (Lipinski definition) is 2. The highest BCUT2D eigenvalue weighted by Crippen LogP contribution is 2.32. The first-order valence-corrected chi connectivity index (χ1v) is 15.3. The van der Waals surface area contributed by atoms with Crippen molar-refractivity contribution >= 4 is 79.0 Å². The Labute approximate surface area is 236 Å². The predicted molar refractivity (Wildman–Crippen MR) is 159 cm³/mol. The third kappa shape index (κ3) is 6.79. The molecule has 0 radical (unpaired) electrons. The Morgan fingerprint density at radius 1 is 0.868 bits per heavy atom. The minimum atomic E-state index is -0.160. The smallest absolute Gasteiger partial charge is 0.255 e. The van der Waals surface area contributed by atoms with Crippen LogP contribution >= 0.6 is 46.2 Å². The highest BCUT2D eigenvalue weighted by Gasteiger charge is 2.13. The van der Waals surface area contributed by atoms with E-state index in [2.05, 4.69) is 50.9 Å². The lowest BCUT2D eigenvalue weighted by Gasteiger charge is -2.07. The van der Waals surface area contributed by atoms with E-state index in [4.69, 9.17) is 0 Å². The number of amides is 2. The van der Waals surface area contributed by atoms with E-state index in [0.717, 1.165) is 30.2 Å². The molecule has 0 aliphatic carbocycles. The lowest BCUT2D eigenvalue weighted by atomic mass is 10.1. The number of aryl methyl sites for hydroxylation is 2. The molecule has 0 unspecified atom stereocenters. The fourth-order valence-electron chi connectivity index (χ4n) is 3.62. The van der Waals surface area contributed by atoms with Gasteiger partial charge in [-0.2, -0.15) is 0 Å². The molecular weight excluding hydrogens is 555 g/mol. The number of anilines is 2. The second-order valence-corrected chi connectivity index (χ2v) is 12.9. The molecule has 0 saturated heterocycles. The van der Waals surface area contributed by atoms with Crippen LogP contribution in [0, 0.1) is 13.8 Å². The summed E-state index contributed by atoms with van der Waals surface area (Å²) in [5.74, 6) is 0.704. The molecule has 5 rings (SSSR count). The molecule has 192 valence electrons. The number of benzene rings is 3. The van der Waals surface area contributed by atoms with Crippen molar-refractivity contribution in [2.75, 3.05) is 16.4 Å². The maximum atomic E-state index is 12.6. The van der Waals surface area contributed by atoms with Crippen molar-refractivity contribution in [3.05, 3.63) is 89.0 Å². The van der Waals surface area contributed by atoms with Crippen LogP contribution in [0.4, 0.5) is 10.8 Å². The molecule has 0 aliphatic rings. The van der Waals surface area contributed by atoms with Crippen molar-refractivity contribution in [1.29, 1.82) is 0 Å². The summed E-state index contributed by atoms with van der Waals surface area (Å²) in [5.41, 5.74) is 5.55. The molecule has 2 heterocycles. The van der Waals surface area contributed by atoms with Crippen molar-refractivity contribution in [1.82, 2.24) is 15.2 Å². The number of hydrogen-bond acceptors (Lipinski definition) is 9. The fraction of sp³-hybridized carbons (Fsp3) is 0.148. The molecular formula is C27H23N5O2S4. The fourth-order valence-corrected chi connectivity index (χ4v) is 7.24. The first-order valence-electron chi connectivity index (χ1n) is 11.6. The lowest BCUT2D eigenvalue weighted by molar-refractivity contribution is -0.113. The Hall–Kier alpha value is -3.25. The Kier molecular flexibility index (Phi) is 8.38. The number of nitrogens with zero attached hydrogens (tertiary/aromatic N) is 3. The van der Waals surface area contributed by atoms with Crippen LogP contribution in [-0.4, -0.2) is 32.7 Å². The number of aromatic nitrogens is 3. The van der Waals surface area contributed by atoms with Gasteiger partial charge in [0.1, 0.15) is 0 Å². The number of thioether (sulfide) groups is 2. The van der Waals surface area contributed by atoms with E-state index in [1.807, 2.05) is 55.5 Å². The minimum Gasteiger partial charge on any atom is -0.322 e. The van der Waals surface area contributed by atoms with Crippen molar-refractivity contribution in [3.8, 4) is 0 Å². The van der Waals surface area contributed by atoms with E-state index in [1.54, 1.807) is 11.8 Å². The van der Waals surface area contributed by atoms with Crippen molar-refractivity contribution in [2.45, 2.75) is 28.3 Å². The van der Waals surface area contributed by atoms with Crippen LogP contribution in [0.15, 0.2) is 75.4 Å². The summed E-state index contributed by atoms with van der Waals surface area (Å²) >= 11 is 5.82. The molecule has 0 atom stereocenters. The zero-order chi connectivity index (χ0) is 26.5. The van der Waals surface area contributed by atoms with Crippen LogP contribution < -0.4 is 10.6 Å². The molecule has 5 aromatic rings. The summed E-state index contributed by atoms with van der Waals surface area (Å²) in [4.78, 5) is 29.7. The number of nitrogens with one attached hydrogen (secondary N) is 2. The summed E-state index contributed by atoms with van der Waals surface area (Å²) in [7, 11) is 0. The van der Waals surface area contributed by atoms with Crippen molar-refractivity contribution in [3.63, 3.8) is 0 Å². The van der Waals surface area contributed by atoms with E-state index in [-0.39, 0.29) is 17.6 Å². The van der Waals surface area contributed by atoms with E-state index in [0.29, 0.717) is 16.4 Å². The number of carbonyl (C=O) groups is 2. The molecule has 3 aromatic carbocycles. The monoisotopic (exact) mass is 577 g/mol. The maximum absolute atomic E-state index is 12.6. The SMILES string of the molecule is Cc1cccc(CSc2nnc(NC(=O)CSc3nc4ccc(NC(=O)c5ccccc5C)cc4s3)s2)c1. The van der Waals surface area contributed by atoms with Crippen LogP contribution in [-0.2, 0) is 10.5 Å². The van der Waals surface area contributed by atoms with Crippen LogP contribution in [0.3, 0.4) is 0 Å². The van der Waals surface area contributed by atoms with Gasteiger partial charge < -0.3 is 5.32 Å². The van der Waals surface area contributed by atoms with Gasteiger partial charge in [-0.3, -0.25) is 14.9 Å². The number of fused-ring (bicyclic) bond motifs is 1. The Bertz CT molecular complexity index is 1610. The highest BCUT2D eigenvalue weighted by molar-refractivity contribution is 8.01.